The summed E-state index contributed by atoms with van der Waals surface area (Å²) in [6.45, 7) is 2.05. The minimum atomic E-state index is 0.0374. The van der Waals surface area contributed by atoms with Crippen LogP contribution in [0.2, 0.25) is 0 Å². The second-order valence-corrected chi connectivity index (χ2v) is 3.00. The number of nitrogens with two attached hydrogens (primary N) is 1. The van der Waals surface area contributed by atoms with Crippen LogP contribution in [0.15, 0.2) is 0 Å². The summed E-state index contributed by atoms with van der Waals surface area (Å²) >= 11 is 0. The lowest BCUT2D eigenvalue weighted by atomic mass is 9.98. The molecule has 9 heavy (non-hydrogen) atoms. The molecule has 1 aliphatic carbocycles. The quantitative estimate of drug-likeness (QED) is 0.597. The van der Waals surface area contributed by atoms with Crippen molar-refractivity contribution in [3.05, 3.63) is 0 Å². The third-order valence-electron chi connectivity index (χ3n) is 2.21. The molecule has 1 rings (SSSR count). The Bertz CT molecular complexity index is 141. The van der Waals surface area contributed by atoms with Gasteiger partial charge in [0.1, 0.15) is 0 Å². The van der Waals surface area contributed by atoms with E-state index >= 15 is 0 Å². The van der Waals surface area contributed by atoms with E-state index in [2.05, 4.69) is 13.0 Å². The summed E-state index contributed by atoms with van der Waals surface area (Å²) in [6, 6.07) is 2.13. The van der Waals surface area contributed by atoms with Gasteiger partial charge >= 0.3 is 0 Å². The molecule has 0 heterocycles. The highest BCUT2D eigenvalue weighted by Crippen LogP contribution is 2.40. The summed E-state index contributed by atoms with van der Waals surface area (Å²) < 4.78 is 0. The van der Waals surface area contributed by atoms with Crippen molar-refractivity contribution in [2.45, 2.75) is 31.7 Å². The number of rotatable bonds is 2. The Morgan fingerprint density at radius 3 is 2.67 bits per heavy atom. The first-order chi connectivity index (χ1) is 4.19. The Labute approximate surface area is 55.7 Å². The molecule has 1 fully saturated rings. The van der Waals surface area contributed by atoms with Gasteiger partial charge in [-0.2, -0.15) is 5.26 Å². The predicted molar refractivity (Wildman–Crippen MR) is 35.5 cm³/mol. The Morgan fingerprint density at radius 1 is 1.78 bits per heavy atom. The maximum absolute atomic E-state index is 8.32. The van der Waals surface area contributed by atoms with Crippen molar-refractivity contribution < 1.29 is 0 Å². The number of nitrogens with zero attached hydrogens (tertiary/aromatic N) is 1. The molecular formula is C7H12N2. The molecule has 0 bridgehead atoms. The van der Waals surface area contributed by atoms with Crippen LogP contribution in [0.25, 0.3) is 0 Å². The summed E-state index contributed by atoms with van der Waals surface area (Å²) in [4.78, 5) is 0. The normalized spacial score (nSPS) is 24.6. The molecule has 0 spiro atoms. The van der Waals surface area contributed by atoms with Gasteiger partial charge in [0, 0.05) is 12.0 Å². The van der Waals surface area contributed by atoms with Gasteiger partial charge in [-0.05, 0) is 18.8 Å². The fourth-order valence-electron chi connectivity index (χ4n) is 0.977. The zero-order valence-corrected chi connectivity index (χ0v) is 5.72. The first-order valence-electron chi connectivity index (χ1n) is 3.35. The van der Waals surface area contributed by atoms with Crippen molar-refractivity contribution in [1.29, 1.82) is 5.26 Å². The van der Waals surface area contributed by atoms with Crippen LogP contribution >= 0.6 is 0 Å². The standard InChI is InChI=1S/C7H12N2/c1-6(2-5-8)7(9)3-4-7/h6H,2-4,9H2,1H3. The minimum absolute atomic E-state index is 0.0374. The van der Waals surface area contributed by atoms with E-state index < -0.39 is 0 Å². The fraction of sp³-hybridized carbons (Fsp3) is 0.857. The van der Waals surface area contributed by atoms with Crippen molar-refractivity contribution in [2.24, 2.45) is 11.7 Å². The first-order valence-corrected chi connectivity index (χ1v) is 3.35. The zero-order chi connectivity index (χ0) is 6.91. The van der Waals surface area contributed by atoms with Crippen LogP contribution in [0.5, 0.6) is 0 Å². The monoisotopic (exact) mass is 124 g/mol. The third kappa shape index (κ3) is 1.22. The van der Waals surface area contributed by atoms with Crippen LogP contribution in [-0.2, 0) is 0 Å². The lowest BCUT2D eigenvalue weighted by molar-refractivity contribution is 0.448. The highest BCUT2D eigenvalue weighted by Gasteiger charge is 2.42. The molecule has 2 N–H and O–H groups in total. The van der Waals surface area contributed by atoms with Crippen LogP contribution in [0.4, 0.5) is 0 Å². The van der Waals surface area contributed by atoms with Crippen molar-refractivity contribution in [1.82, 2.24) is 0 Å². The minimum Gasteiger partial charge on any atom is -0.325 e. The third-order valence-corrected chi connectivity index (χ3v) is 2.21. The van der Waals surface area contributed by atoms with Gasteiger partial charge in [0.05, 0.1) is 6.07 Å². The maximum atomic E-state index is 8.32. The van der Waals surface area contributed by atoms with Crippen LogP contribution in [-0.4, -0.2) is 5.54 Å². The Kier molecular flexibility index (Phi) is 1.46. The van der Waals surface area contributed by atoms with Crippen LogP contribution < -0.4 is 5.73 Å². The molecule has 0 amide bonds. The first kappa shape index (κ1) is 6.57. The van der Waals surface area contributed by atoms with Crippen LogP contribution in [0, 0.1) is 17.2 Å². The van der Waals surface area contributed by atoms with Crippen molar-refractivity contribution in [3.8, 4) is 6.07 Å². The molecule has 50 valence electrons. The van der Waals surface area contributed by atoms with Gasteiger partial charge in [-0.1, -0.05) is 6.92 Å². The fourth-order valence-corrected chi connectivity index (χ4v) is 0.977. The van der Waals surface area contributed by atoms with Gasteiger partial charge in [-0.15, -0.1) is 0 Å². The molecule has 1 saturated carbocycles. The number of hydrogen-bond acceptors (Lipinski definition) is 2. The zero-order valence-electron chi connectivity index (χ0n) is 5.72. The van der Waals surface area contributed by atoms with Gasteiger partial charge in [0.2, 0.25) is 0 Å². The molecule has 0 aromatic heterocycles. The molecule has 1 aliphatic rings. The molecule has 2 heteroatoms. The summed E-state index contributed by atoms with van der Waals surface area (Å²) in [5, 5.41) is 8.32. The van der Waals surface area contributed by atoms with E-state index in [0.717, 1.165) is 12.8 Å². The predicted octanol–water partition coefficient (Wildman–Crippen LogP) is 1.03. The smallest absolute Gasteiger partial charge is 0.0625 e. The molecular weight excluding hydrogens is 112 g/mol. The Hall–Kier alpha value is -0.550. The van der Waals surface area contributed by atoms with Gasteiger partial charge in [-0.3, -0.25) is 0 Å². The van der Waals surface area contributed by atoms with E-state index in [0.29, 0.717) is 12.3 Å². The molecule has 0 aliphatic heterocycles. The second-order valence-electron chi connectivity index (χ2n) is 3.00. The highest BCUT2D eigenvalue weighted by atomic mass is 14.8. The Morgan fingerprint density at radius 2 is 2.33 bits per heavy atom. The molecule has 0 saturated heterocycles. The second kappa shape index (κ2) is 2.00. The molecule has 0 radical (unpaired) electrons. The van der Waals surface area contributed by atoms with Gasteiger partial charge in [-0.25, -0.2) is 0 Å². The van der Waals surface area contributed by atoms with Crippen LogP contribution in [0.1, 0.15) is 26.2 Å². The summed E-state index contributed by atoms with van der Waals surface area (Å²) in [5.74, 6) is 0.391. The summed E-state index contributed by atoms with van der Waals surface area (Å²) in [5.41, 5.74) is 5.86. The summed E-state index contributed by atoms with van der Waals surface area (Å²) in [7, 11) is 0. The van der Waals surface area contributed by atoms with Gasteiger partial charge in [0.25, 0.3) is 0 Å². The Balaban J connectivity index is 2.35. The molecule has 2 nitrogen and oxygen atoms in total. The average molecular weight is 124 g/mol. The van der Waals surface area contributed by atoms with E-state index in [4.69, 9.17) is 11.0 Å². The number of nitriles is 1. The van der Waals surface area contributed by atoms with Crippen LogP contribution in [0.3, 0.4) is 0 Å². The van der Waals surface area contributed by atoms with E-state index in [1.165, 1.54) is 0 Å². The topological polar surface area (TPSA) is 49.8 Å². The molecule has 0 aromatic carbocycles. The SMILES string of the molecule is CC(CC#N)C1(N)CC1. The van der Waals surface area contributed by atoms with E-state index in [9.17, 15) is 0 Å². The van der Waals surface area contributed by atoms with E-state index in [1.54, 1.807) is 0 Å². The van der Waals surface area contributed by atoms with E-state index in [-0.39, 0.29) is 5.54 Å². The molecule has 0 aromatic rings. The average Bonchev–Trinajstić information content (AvgIpc) is 2.50. The van der Waals surface area contributed by atoms with Gasteiger partial charge < -0.3 is 5.73 Å². The molecule has 1 atom stereocenters. The summed E-state index contributed by atoms with van der Waals surface area (Å²) in [6.07, 6.45) is 2.82. The van der Waals surface area contributed by atoms with Crippen molar-refractivity contribution in [2.75, 3.05) is 0 Å². The van der Waals surface area contributed by atoms with Gasteiger partial charge in [0.15, 0.2) is 0 Å². The lowest BCUT2D eigenvalue weighted by Gasteiger charge is -2.13. The van der Waals surface area contributed by atoms with Crippen molar-refractivity contribution in [3.63, 3.8) is 0 Å². The largest absolute Gasteiger partial charge is 0.325 e. The molecule has 1 unspecified atom stereocenters. The number of hydrogen-bond donors (Lipinski definition) is 1. The highest BCUT2D eigenvalue weighted by molar-refractivity contribution is 5.04. The van der Waals surface area contributed by atoms with Crippen molar-refractivity contribution >= 4 is 0 Å². The lowest BCUT2D eigenvalue weighted by Crippen LogP contribution is -2.29. The van der Waals surface area contributed by atoms with E-state index in [1.807, 2.05) is 0 Å². The maximum Gasteiger partial charge on any atom is 0.0625 e.